The Morgan fingerprint density at radius 2 is 1.81 bits per heavy atom. The smallest absolute Gasteiger partial charge is 0.234 e. The van der Waals surface area contributed by atoms with Crippen LogP contribution in [0.15, 0.2) is 18.2 Å². The van der Waals surface area contributed by atoms with Gasteiger partial charge in [-0.05, 0) is 51.4 Å². The minimum atomic E-state index is -0.192. The largest absolute Gasteiger partial charge is 0.493 e. The molecule has 1 amide bonds. The Balaban J connectivity index is 2.38. The van der Waals surface area contributed by atoms with Gasteiger partial charge in [-0.3, -0.25) is 4.79 Å². The number of nitrogens with one attached hydrogen (secondary N) is 2. The molecular formula is C16H26N2O3. The van der Waals surface area contributed by atoms with Crippen molar-refractivity contribution >= 4 is 5.91 Å². The van der Waals surface area contributed by atoms with E-state index < -0.39 is 0 Å². The number of methoxy groups -OCH3 is 2. The molecule has 5 heteroatoms. The lowest BCUT2D eigenvalue weighted by atomic mass is 10.1. The maximum atomic E-state index is 11.6. The van der Waals surface area contributed by atoms with Crippen LogP contribution in [0.5, 0.6) is 11.5 Å². The first kappa shape index (κ1) is 17.3. The number of benzene rings is 1. The fourth-order valence-corrected chi connectivity index (χ4v) is 1.93. The van der Waals surface area contributed by atoms with Crippen molar-refractivity contribution in [2.24, 2.45) is 0 Å². The molecule has 0 aliphatic rings. The molecule has 0 bridgehead atoms. The molecule has 0 aliphatic carbocycles. The summed E-state index contributed by atoms with van der Waals surface area (Å²) in [6.45, 7) is 6.95. The monoisotopic (exact) mass is 294 g/mol. The number of amides is 1. The van der Waals surface area contributed by atoms with Gasteiger partial charge in [-0.2, -0.15) is 0 Å². The molecular weight excluding hydrogens is 268 g/mol. The van der Waals surface area contributed by atoms with E-state index in [0.717, 1.165) is 30.0 Å². The van der Waals surface area contributed by atoms with Crippen LogP contribution in [-0.2, 0) is 11.2 Å². The Morgan fingerprint density at radius 1 is 1.14 bits per heavy atom. The molecule has 0 aromatic heterocycles. The Hall–Kier alpha value is -1.75. The number of carbonyl (C=O) groups excluding carboxylic acids is 1. The molecule has 1 aromatic carbocycles. The number of ether oxygens (including phenoxy) is 2. The van der Waals surface area contributed by atoms with Crippen LogP contribution >= 0.6 is 0 Å². The Morgan fingerprint density at radius 3 is 2.38 bits per heavy atom. The third-order valence-electron chi connectivity index (χ3n) is 2.84. The molecule has 0 aliphatic heterocycles. The topological polar surface area (TPSA) is 59.6 Å². The minimum Gasteiger partial charge on any atom is -0.493 e. The molecule has 118 valence electrons. The predicted molar refractivity (Wildman–Crippen MR) is 84.0 cm³/mol. The van der Waals surface area contributed by atoms with Crippen molar-refractivity contribution in [2.45, 2.75) is 32.7 Å². The van der Waals surface area contributed by atoms with E-state index >= 15 is 0 Å². The first-order valence-corrected chi connectivity index (χ1v) is 7.08. The third kappa shape index (κ3) is 6.49. The zero-order valence-electron chi connectivity index (χ0n) is 13.6. The summed E-state index contributed by atoms with van der Waals surface area (Å²) in [7, 11) is 3.24. The second-order valence-electron chi connectivity index (χ2n) is 5.91. The van der Waals surface area contributed by atoms with Gasteiger partial charge in [0.2, 0.25) is 5.91 Å². The van der Waals surface area contributed by atoms with Gasteiger partial charge in [-0.25, -0.2) is 0 Å². The number of rotatable bonds is 7. The summed E-state index contributed by atoms with van der Waals surface area (Å²) in [6, 6.07) is 5.84. The molecule has 0 unspecified atom stereocenters. The van der Waals surface area contributed by atoms with E-state index in [-0.39, 0.29) is 11.4 Å². The van der Waals surface area contributed by atoms with E-state index in [1.165, 1.54) is 0 Å². The molecule has 21 heavy (non-hydrogen) atoms. The maximum Gasteiger partial charge on any atom is 0.234 e. The molecule has 5 nitrogen and oxygen atoms in total. The molecule has 0 radical (unpaired) electrons. The molecule has 2 N–H and O–H groups in total. The Labute approximate surface area is 127 Å². The summed E-state index contributed by atoms with van der Waals surface area (Å²) in [4.78, 5) is 11.6. The quantitative estimate of drug-likeness (QED) is 0.752. The van der Waals surface area contributed by atoms with E-state index in [4.69, 9.17) is 9.47 Å². The summed E-state index contributed by atoms with van der Waals surface area (Å²) in [5.74, 6) is 1.45. The molecule has 0 heterocycles. The van der Waals surface area contributed by atoms with Crippen molar-refractivity contribution in [1.29, 1.82) is 0 Å². The van der Waals surface area contributed by atoms with Gasteiger partial charge in [0.15, 0.2) is 11.5 Å². The zero-order chi connectivity index (χ0) is 15.9. The fourth-order valence-electron chi connectivity index (χ4n) is 1.93. The highest BCUT2D eigenvalue weighted by atomic mass is 16.5. The SMILES string of the molecule is COc1ccc(CCNCC(=O)NC(C)(C)C)cc1OC. The Bertz CT molecular complexity index is 467. The van der Waals surface area contributed by atoms with E-state index in [1.54, 1.807) is 14.2 Å². The van der Waals surface area contributed by atoms with Crippen LogP contribution in [0.1, 0.15) is 26.3 Å². The molecule has 1 rings (SSSR count). The highest BCUT2D eigenvalue weighted by Crippen LogP contribution is 2.27. The average Bonchev–Trinajstić information content (AvgIpc) is 2.41. The van der Waals surface area contributed by atoms with E-state index in [0.29, 0.717) is 6.54 Å². The molecule has 1 aromatic rings. The van der Waals surface area contributed by atoms with E-state index in [9.17, 15) is 4.79 Å². The normalized spacial score (nSPS) is 11.1. The van der Waals surface area contributed by atoms with Crippen molar-refractivity contribution in [3.8, 4) is 11.5 Å². The first-order chi connectivity index (χ1) is 9.85. The molecule has 0 saturated heterocycles. The van der Waals surface area contributed by atoms with E-state index in [1.807, 2.05) is 39.0 Å². The summed E-state index contributed by atoms with van der Waals surface area (Å²) in [6.07, 6.45) is 0.823. The van der Waals surface area contributed by atoms with Crippen LogP contribution in [0.2, 0.25) is 0 Å². The molecule has 0 spiro atoms. The number of carbonyl (C=O) groups is 1. The number of hydrogen-bond donors (Lipinski definition) is 2. The van der Waals surface area contributed by atoms with Gasteiger partial charge in [0, 0.05) is 5.54 Å². The van der Waals surface area contributed by atoms with Gasteiger partial charge >= 0.3 is 0 Å². The van der Waals surface area contributed by atoms with Crippen LogP contribution in [0.25, 0.3) is 0 Å². The first-order valence-electron chi connectivity index (χ1n) is 7.08. The van der Waals surface area contributed by atoms with E-state index in [2.05, 4.69) is 10.6 Å². The van der Waals surface area contributed by atoms with Crippen molar-refractivity contribution in [3.63, 3.8) is 0 Å². The fraction of sp³-hybridized carbons (Fsp3) is 0.562. The van der Waals surface area contributed by atoms with Crippen LogP contribution < -0.4 is 20.1 Å². The van der Waals surface area contributed by atoms with Crippen molar-refractivity contribution in [1.82, 2.24) is 10.6 Å². The van der Waals surface area contributed by atoms with Gasteiger partial charge in [-0.15, -0.1) is 0 Å². The molecule has 0 fully saturated rings. The summed E-state index contributed by atoms with van der Waals surface area (Å²) in [5.41, 5.74) is 0.943. The second-order valence-corrected chi connectivity index (χ2v) is 5.91. The standard InChI is InChI=1S/C16H26N2O3/c1-16(2,3)18-15(19)11-17-9-8-12-6-7-13(20-4)14(10-12)21-5/h6-7,10,17H,8-9,11H2,1-5H3,(H,18,19). The summed E-state index contributed by atoms with van der Waals surface area (Å²) < 4.78 is 10.5. The van der Waals surface area contributed by atoms with Crippen LogP contribution in [-0.4, -0.2) is 38.8 Å². The van der Waals surface area contributed by atoms with Gasteiger partial charge in [0.25, 0.3) is 0 Å². The zero-order valence-corrected chi connectivity index (χ0v) is 13.6. The van der Waals surface area contributed by atoms with Crippen LogP contribution in [0.3, 0.4) is 0 Å². The summed E-state index contributed by atoms with van der Waals surface area (Å²) >= 11 is 0. The lowest BCUT2D eigenvalue weighted by Gasteiger charge is -2.20. The van der Waals surface area contributed by atoms with Gasteiger partial charge < -0.3 is 20.1 Å². The van der Waals surface area contributed by atoms with Gasteiger partial charge in [-0.1, -0.05) is 6.07 Å². The van der Waals surface area contributed by atoms with Crippen molar-refractivity contribution < 1.29 is 14.3 Å². The summed E-state index contributed by atoms with van der Waals surface area (Å²) in [5, 5.41) is 6.05. The van der Waals surface area contributed by atoms with Crippen molar-refractivity contribution in [2.75, 3.05) is 27.3 Å². The van der Waals surface area contributed by atoms with Gasteiger partial charge in [0.05, 0.1) is 20.8 Å². The highest BCUT2D eigenvalue weighted by Gasteiger charge is 2.12. The van der Waals surface area contributed by atoms with Crippen molar-refractivity contribution in [3.05, 3.63) is 23.8 Å². The van der Waals surface area contributed by atoms with Crippen LogP contribution in [0, 0.1) is 0 Å². The minimum absolute atomic E-state index is 0.00908. The Kier molecular flexibility index (Phi) is 6.49. The highest BCUT2D eigenvalue weighted by molar-refractivity contribution is 5.78. The second kappa shape index (κ2) is 7.88. The lowest BCUT2D eigenvalue weighted by Crippen LogP contribution is -2.45. The average molecular weight is 294 g/mol. The maximum absolute atomic E-state index is 11.6. The third-order valence-corrected chi connectivity index (χ3v) is 2.84. The van der Waals surface area contributed by atoms with Crippen LogP contribution in [0.4, 0.5) is 0 Å². The molecule has 0 atom stereocenters. The number of hydrogen-bond acceptors (Lipinski definition) is 4. The predicted octanol–water partition coefficient (Wildman–Crippen LogP) is 1.75. The lowest BCUT2D eigenvalue weighted by molar-refractivity contribution is -0.121. The molecule has 0 saturated carbocycles. The van der Waals surface area contributed by atoms with Gasteiger partial charge in [0.1, 0.15) is 0 Å².